The van der Waals surface area contributed by atoms with Crippen molar-refractivity contribution in [2.24, 2.45) is 5.14 Å². The molecule has 1 aliphatic carbocycles. The van der Waals surface area contributed by atoms with Crippen LogP contribution in [0.4, 0.5) is 0 Å². The average molecular weight is 298 g/mol. The molecule has 6 nitrogen and oxygen atoms in total. The third-order valence-corrected chi connectivity index (χ3v) is 3.98. The monoisotopic (exact) mass is 298 g/mol. The number of sulfonamides is 1. The summed E-state index contributed by atoms with van der Waals surface area (Å²) in [5, 5.41) is 7.90. The molecule has 2 rings (SSSR count). The summed E-state index contributed by atoms with van der Waals surface area (Å²) in [4.78, 5) is 11.8. The molecule has 0 spiro atoms. The highest BCUT2D eigenvalue weighted by molar-refractivity contribution is 7.89. The van der Waals surface area contributed by atoms with Gasteiger partial charge in [0.15, 0.2) is 6.10 Å². The maximum atomic E-state index is 11.8. The average Bonchev–Trinajstić information content (AvgIpc) is 3.14. The Balaban J connectivity index is 2.07. The fourth-order valence-corrected chi connectivity index (χ4v) is 2.32. The lowest BCUT2D eigenvalue weighted by molar-refractivity contribution is -0.127. The molecular weight excluding hydrogens is 280 g/mol. The van der Waals surface area contributed by atoms with Gasteiger partial charge < -0.3 is 10.1 Å². The van der Waals surface area contributed by atoms with E-state index in [1.54, 1.807) is 13.8 Å². The minimum absolute atomic E-state index is 0.0254. The standard InChI is InChI=1S/C13H18N2O4S/c1-8-7-11(20(14,17)18)5-6-12(8)19-9(2)13(16)15-10-3-4-10/h5-7,9-10H,3-4H2,1-2H3,(H,15,16)(H2,14,17,18). The molecule has 0 aromatic heterocycles. The number of hydrogen-bond donors (Lipinski definition) is 2. The summed E-state index contributed by atoms with van der Waals surface area (Å²) in [6, 6.07) is 4.58. The summed E-state index contributed by atoms with van der Waals surface area (Å²) in [7, 11) is -3.73. The molecule has 1 aromatic carbocycles. The van der Waals surface area contributed by atoms with E-state index in [1.807, 2.05) is 0 Å². The lowest BCUT2D eigenvalue weighted by Gasteiger charge is -2.16. The van der Waals surface area contributed by atoms with E-state index in [2.05, 4.69) is 5.32 Å². The van der Waals surface area contributed by atoms with Gasteiger partial charge in [-0.3, -0.25) is 4.79 Å². The Morgan fingerprint density at radius 1 is 1.45 bits per heavy atom. The quantitative estimate of drug-likeness (QED) is 0.835. The number of hydrogen-bond acceptors (Lipinski definition) is 4. The molecule has 0 heterocycles. The van der Waals surface area contributed by atoms with Gasteiger partial charge in [-0.1, -0.05) is 0 Å². The highest BCUT2D eigenvalue weighted by Crippen LogP contribution is 2.23. The van der Waals surface area contributed by atoms with E-state index in [-0.39, 0.29) is 16.8 Å². The van der Waals surface area contributed by atoms with Crippen LogP contribution in [0.25, 0.3) is 0 Å². The Kier molecular flexibility index (Phi) is 4.01. The Morgan fingerprint density at radius 2 is 2.10 bits per heavy atom. The lowest BCUT2D eigenvalue weighted by atomic mass is 10.2. The van der Waals surface area contributed by atoms with E-state index < -0.39 is 16.1 Å². The molecule has 20 heavy (non-hydrogen) atoms. The second-order valence-electron chi connectivity index (χ2n) is 5.02. The van der Waals surface area contributed by atoms with Crippen molar-refractivity contribution in [3.63, 3.8) is 0 Å². The van der Waals surface area contributed by atoms with Crippen molar-refractivity contribution < 1.29 is 17.9 Å². The Hall–Kier alpha value is -1.60. The van der Waals surface area contributed by atoms with Crippen LogP contribution >= 0.6 is 0 Å². The van der Waals surface area contributed by atoms with Gasteiger partial charge in [0.1, 0.15) is 5.75 Å². The number of nitrogens with one attached hydrogen (secondary N) is 1. The molecule has 110 valence electrons. The van der Waals surface area contributed by atoms with Crippen molar-refractivity contribution >= 4 is 15.9 Å². The third kappa shape index (κ3) is 3.71. The van der Waals surface area contributed by atoms with E-state index in [0.717, 1.165) is 12.8 Å². The van der Waals surface area contributed by atoms with Crippen molar-refractivity contribution in [3.05, 3.63) is 23.8 Å². The predicted octanol–water partition coefficient (Wildman–Crippen LogP) is 0.688. The van der Waals surface area contributed by atoms with Crippen molar-refractivity contribution in [3.8, 4) is 5.75 Å². The lowest BCUT2D eigenvalue weighted by Crippen LogP contribution is -2.37. The van der Waals surface area contributed by atoms with Gasteiger partial charge in [-0.2, -0.15) is 0 Å². The van der Waals surface area contributed by atoms with Crippen molar-refractivity contribution in [1.29, 1.82) is 0 Å². The first kappa shape index (κ1) is 14.8. The van der Waals surface area contributed by atoms with E-state index in [9.17, 15) is 13.2 Å². The molecule has 0 aliphatic heterocycles. The van der Waals surface area contributed by atoms with Crippen LogP contribution in [0, 0.1) is 6.92 Å². The van der Waals surface area contributed by atoms with Gasteiger partial charge in [-0.05, 0) is 50.5 Å². The number of primary sulfonamides is 1. The number of carbonyl (C=O) groups excluding carboxylic acids is 1. The van der Waals surface area contributed by atoms with Crippen LogP contribution in [0.1, 0.15) is 25.3 Å². The molecule has 1 amide bonds. The number of carbonyl (C=O) groups is 1. The molecule has 3 N–H and O–H groups in total. The molecule has 0 bridgehead atoms. The number of amides is 1. The number of aryl methyl sites for hydroxylation is 1. The summed E-state index contributed by atoms with van der Waals surface area (Å²) in [6.07, 6.45) is 1.40. The topological polar surface area (TPSA) is 98.5 Å². The van der Waals surface area contributed by atoms with Crippen LogP contribution in [0.2, 0.25) is 0 Å². The van der Waals surface area contributed by atoms with E-state index in [1.165, 1.54) is 18.2 Å². The predicted molar refractivity (Wildman–Crippen MR) is 73.8 cm³/mol. The van der Waals surface area contributed by atoms with Crippen LogP contribution in [-0.2, 0) is 14.8 Å². The molecule has 7 heteroatoms. The van der Waals surface area contributed by atoms with Gasteiger partial charge in [0.2, 0.25) is 10.0 Å². The second kappa shape index (κ2) is 5.41. The van der Waals surface area contributed by atoms with E-state index >= 15 is 0 Å². The first-order chi connectivity index (χ1) is 9.27. The fourth-order valence-electron chi connectivity index (χ4n) is 1.72. The van der Waals surface area contributed by atoms with Gasteiger partial charge in [0.05, 0.1) is 4.90 Å². The van der Waals surface area contributed by atoms with Gasteiger partial charge >= 0.3 is 0 Å². The molecule has 1 atom stereocenters. The zero-order chi connectivity index (χ0) is 14.9. The zero-order valence-electron chi connectivity index (χ0n) is 11.4. The maximum Gasteiger partial charge on any atom is 0.260 e. The highest BCUT2D eigenvalue weighted by Gasteiger charge is 2.26. The Bertz CT molecular complexity index is 623. The molecule has 1 saturated carbocycles. The first-order valence-electron chi connectivity index (χ1n) is 6.38. The number of benzene rings is 1. The van der Waals surface area contributed by atoms with Crippen LogP contribution in [0.5, 0.6) is 5.75 Å². The molecule has 1 aromatic rings. The summed E-state index contributed by atoms with van der Waals surface area (Å²) in [5.41, 5.74) is 0.614. The molecule has 1 aliphatic rings. The van der Waals surface area contributed by atoms with Crippen molar-refractivity contribution in [1.82, 2.24) is 5.32 Å². The number of nitrogens with two attached hydrogens (primary N) is 1. The van der Waals surface area contributed by atoms with Crippen molar-refractivity contribution in [2.75, 3.05) is 0 Å². The smallest absolute Gasteiger partial charge is 0.260 e. The summed E-state index contributed by atoms with van der Waals surface area (Å²) in [6.45, 7) is 3.36. The van der Waals surface area contributed by atoms with E-state index in [4.69, 9.17) is 9.88 Å². The minimum atomic E-state index is -3.73. The second-order valence-corrected chi connectivity index (χ2v) is 6.58. The molecule has 0 saturated heterocycles. The number of ether oxygens (including phenoxy) is 1. The first-order valence-corrected chi connectivity index (χ1v) is 7.92. The SMILES string of the molecule is Cc1cc(S(N)(=O)=O)ccc1OC(C)C(=O)NC1CC1. The molecule has 1 unspecified atom stereocenters. The van der Waals surface area contributed by atoms with Crippen LogP contribution in [-0.4, -0.2) is 26.5 Å². The van der Waals surface area contributed by atoms with Crippen LogP contribution in [0.3, 0.4) is 0 Å². The minimum Gasteiger partial charge on any atom is -0.481 e. The number of rotatable bonds is 5. The van der Waals surface area contributed by atoms with Gasteiger partial charge in [-0.25, -0.2) is 13.6 Å². The molecule has 1 fully saturated rings. The van der Waals surface area contributed by atoms with Gasteiger partial charge in [-0.15, -0.1) is 0 Å². The largest absolute Gasteiger partial charge is 0.481 e. The normalized spacial score (nSPS) is 16.6. The van der Waals surface area contributed by atoms with Crippen molar-refractivity contribution in [2.45, 2.75) is 43.7 Å². The zero-order valence-corrected chi connectivity index (χ0v) is 12.2. The van der Waals surface area contributed by atoms with Gasteiger partial charge in [0.25, 0.3) is 5.91 Å². The highest BCUT2D eigenvalue weighted by atomic mass is 32.2. The Labute approximate surface area is 118 Å². The van der Waals surface area contributed by atoms with Gasteiger partial charge in [0, 0.05) is 6.04 Å². The van der Waals surface area contributed by atoms with Crippen LogP contribution < -0.4 is 15.2 Å². The van der Waals surface area contributed by atoms with E-state index in [0.29, 0.717) is 11.3 Å². The summed E-state index contributed by atoms with van der Waals surface area (Å²) >= 11 is 0. The molecule has 0 radical (unpaired) electrons. The molecular formula is C13H18N2O4S. The summed E-state index contributed by atoms with van der Waals surface area (Å²) < 4.78 is 28.0. The fraction of sp³-hybridized carbons (Fsp3) is 0.462. The third-order valence-electron chi connectivity index (χ3n) is 3.07. The Morgan fingerprint density at radius 3 is 2.60 bits per heavy atom. The van der Waals surface area contributed by atoms with Crippen LogP contribution in [0.15, 0.2) is 23.1 Å². The maximum absolute atomic E-state index is 11.8. The summed E-state index contributed by atoms with van der Waals surface area (Å²) in [5.74, 6) is 0.304.